The number of aryl methyl sites for hydroxylation is 1. The van der Waals surface area contributed by atoms with Crippen LogP contribution in [0.3, 0.4) is 0 Å². The molecule has 4 rings (SSSR count). The van der Waals surface area contributed by atoms with Crippen LogP contribution in [0.2, 0.25) is 15.1 Å². The fourth-order valence-electron chi connectivity index (χ4n) is 3.29. The second-order valence-electron chi connectivity index (χ2n) is 7.34. The third-order valence-electron chi connectivity index (χ3n) is 5.03. The molecule has 1 heterocycles. The van der Waals surface area contributed by atoms with Crippen molar-refractivity contribution in [2.75, 3.05) is 7.11 Å². The normalized spacial score (nSPS) is 11.4. The minimum Gasteiger partial charge on any atom is -0.493 e. The predicted octanol–water partition coefficient (Wildman–Crippen LogP) is 7.66. The van der Waals surface area contributed by atoms with Gasteiger partial charge >= 0.3 is 0 Å². The van der Waals surface area contributed by atoms with Gasteiger partial charge in [-0.05, 0) is 64.8 Å². The van der Waals surface area contributed by atoms with Crippen LogP contribution in [-0.2, 0) is 6.61 Å². The largest absolute Gasteiger partial charge is 0.493 e. The van der Waals surface area contributed by atoms with E-state index >= 15 is 0 Å². The van der Waals surface area contributed by atoms with Gasteiger partial charge < -0.3 is 9.47 Å². The summed E-state index contributed by atoms with van der Waals surface area (Å²) < 4.78 is 14.0. The molecule has 0 bridgehead atoms. The van der Waals surface area contributed by atoms with E-state index in [1.807, 2.05) is 6.07 Å². The zero-order valence-corrected chi connectivity index (χ0v) is 23.7. The highest BCUT2D eigenvalue weighted by atomic mass is 79.9. The predicted molar refractivity (Wildman–Crippen MR) is 148 cm³/mol. The van der Waals surface area contributed by atoms with E-state index in [4.69, 9.17) is 44.3 Å². The zero-order chi connectivity index (χ0) is 25.3. The summed E-state index contributed by atoms with van der Waals surface area (Å²) >= 11 is 25.5. The summed E-state index contributed by atoms with van der Waals surface area (Å²) in [4.78, 5) is 17.5. The summed E-state index contributed by atoms with van der Waals surface area (Å²) in [6, 6.07) is 12.2. The molecule has 0 saturated carbocycles. The first-order valence-electron chi connectivity index (χ1n) is 10.1. The molecule has 4 aromatic rings. The lowest BCUT2D eigenvalue weighted by atomic mass is 10.2. The SMILES string of the molecule is COc1cc(C=Nn2c(C)nc3ccc(Br)cc3c2=O)c(Br)c(Cl)c1OCc1ccc(Cl)c(Cl)c1. The monoisotopic (exact) mass is 657 g/mol. The topological polar surface area (TPSA) is 65.7 Å². The van der Waals surface area contributed by atoms with Gasteiger partial charge in [0, 0.05) is 14.5 Å². The van der Waals surface area contributed by atoms with Crippen molar-refractivity contribution in [2.24, 2.45) is 5.10 Å². The van der Waals surface area contributed by atoms with Crippen molar-refractivity contribution in [3.05, 3.63) is 93.8 Å². The van der Waals surface area contributed by atoms with E-state index in [0.29, 0.717) is 48.3 Å². The fourth-order valence-corrected chi connectivity index (χ4v) is 4.62. The van der Waals surface area contributed by atoms with E-state index in [0.717, 1.165) is 10.0 Å². The van der Waals surface area contributed by atoms with Gasteiger partial charge in [-0.3, -0.25) is 4.79 Å². The number of ether oxygens (including phenoxy) is 2. The van der Waals surface area contributed by atoms with Crippen LogP contribution in [-0.4, -0.2) is 23.0 Å². The first-order valence-corrected chi connectivity index (χ1v) is 12.8. The summed E-state index contributed by atoms with van der Waals surface area (Å²) in [5.74, 6) is 1.18. The Morgan fingerprint density at radius 3 is 2.57 bits per heavy atom. The van der Waals surface area contributed by atoms with E-state index in [2.05, 4.69) is 41.9 Å². The molecule has 0 radical (unpaired) electrons. The molecule has 0 amide bonds. The van der Waals surface area contributed by atoms with E-state index < -0.39 is 0 Å². The molecule has 35 heavy (non-hydrogen) atoms. The van der Waals surface area contributed by atoms with Crippen molar-refractivity contribution in [3.8, 4) is 11.5 Å². The summed E-state index contributed by atoms with van der Waals surface area (Å²) in [7, 11) is 1.51. The second kappa shape index (κ2) is 10.9. The van der Waals surface area contributed by atoms with Gasteiger partial charge in [-0.1, -0.05) is 56.8 Å². The molecule has 0 aliphatic rings. The molecule has 0 unspecified atom stereocenters. The van der Waals surface area contributed by atoms with E-state index in [1.165, 1.54) is 18.0 Å². The average molecular weight is 661 g/mol. The molecule has 0 N–H and O–H groups in total. The molecule has 11 heteroatoms. The Morgan fingerprint density at radius 2 is 1.86 bits per heavy atom. The van der Waals surface area contributed by atoms with Crippen molar-refractivity contribution < 1.29 is 9.47 Å². The van der Waals surface area contributed by atoms with Gasteiger partial charge in [-0.2, -0.15) is 9.78 Å². The maximum atomic E-state index is 13.0. The zero-order valence-electron chi connectivity index (χ0n) is 18.3. The summed E-state index contributed by atoms with van der Waals surface area (Å²) in [6.07, 6.45) is 1.50. The number of hydrogen-bond donors (Lipinski definition) is 0. The van der Waals surface area contributed by atoms with Gasteiger partial charge in [0.25, 0.3) is 5.56 Å². The van der Waals surface area contributed by atoms with Crippen LogP contribution in [0.4, 0.5) is 0 Å². The summed E-state index contributed by atoms with van der Waals surface area (Å²) in [5.41, 5.74) is 1.69. The van der Waals surface area contributed by atoms with E-state index in [9.17, 15) is 4.79 Å². The fraction of sp³-hybridized carbons (Fsp3) is 0.125. The van der Waals surface area contributed by atoms with Crippen molar-refractivity contribution in [2.45, 2.75) is 13.5 Å². The Labute approximate surface area is 232 Å². The Bertz CT molecular complexity index is 1540. The van der Waals surface area contributed by atoms with Gasteiger partial charge in [0.05, 0.1) is 34.3 Å². The Hall–Kier alpha value is -2.10. The quantitative estimate of drug-likeness (QED) is 0.199. The van der Waals surface area contributed by atoms with Crippen LogP contribution in [0.25, 0.3) is 10.9 Å². The lowest BCUT2D eigenvalue weighted by molar-refractivity contribution is 0.284. The van der Waals surface area contributed by atoms with Crippen LogP contribution < -0.4 is 15.0 Å². The first kappa shape index (κ1) is 26.0. The van der Waals surface area contributed by atoms with Crippen molar-refractivity contribution in [1.82, 2.24) is 9.66 Å². The molecule has 0 fully saturated rings. The summed E-state index contributed by atoms with van der Waals surface area (Å²) in [5, 5.41) is 5.99. The van der Waals surface area contributed by atoms with Crippen molar-refractivity contribution in [3.63, 3.8) is 0 Å². The van der Waals surface area contributed by atoms with Gasteiger partial charge in [-0.15, -0.1) is 0 Å². The molecule has 6 nitrogen and oxygen atoms in total. The number of aromatic nitrogens is 2. The van der Waals surface area contributed by atoms with Gasteiger partial charge in [0.1, 0.15) is 17.5 Å². The molecule has 0 atom stereocenters. The lowest BCUT2D eigenvalue weighted by Gasteiger charge is -2.15. The van der Waals surface area contributed by atoms with Crippen molar-refractivity contribution >= 4 is 83.8 Å². The lowest BCUT2D eigenvalue weighted by Crippen LogP contribution is -2.20. The highest BCUT2D eigenvalue weighted by Crippen LogP contribution is 2.42. The first-order chi connectivity index (χ1) is 16.7. The standard InChI is InChI=1S/C24H16Br2Cl3N3O3/c1-12-31-19-6-4-15(25)9-16(19)24(33)32(12)30-10-14-8-20(34-2)23(22(29)21(14)26)35-11-13-3-5-17(27)18(28)7-13/h3-10H,11H2,1-2H3. The maximum Gasteiger partial charge on any atom is 0.282 e. The number of rotatable bonds is 6. The van der Waals surface area contributed by atoms with Crippen LogP contribution in [0, 0.1) is 6.92 Å². The number of nitrogens with zero attached hydrogens (tertiary/aromatic N) is 3. The third-order valence-corrected chi connectivity index (χ3v) is 7.70. The third kappa shape index (κ3) is 5.52. The maximum absolute atomic E-state index is 13.0. The molecular formula is C24H16Br2Cl3N3O3. The molecule has 1 aromatic heterocycles. The van der Waals surface area contributed by atoms with E-state index in [-0.39, 0.29) is 17.2 Å². The molecule has 180 valence electrons. The number of halogens is 5. The smallest absolute Gasteiger partial charge is 0.282 e. The number of methoxy groups -OCH3 is 1. The van der Waals surface area contributed by atoms with Gasteiger partial charge in [0.15, 0.2) is 11.5 Å². The Kier molecular flexibility index (Phi) is 8.08. The minimum absolute atomic E-state index is 0.194. The number of fused-ring (bicyclic) bond motifs is 1. The Balaban J connectivity index is 1.68. The minimum atomic E-state index is -0.291. The van der Waals surface area contributed by atoms with Crippen LogP contribution >= 0.6 is 66.7 Å². The molecule has 0 saturated heterocycles. The van der Waals surface area contributed by atoms with Crippen molar-refractivity contribution in [1.29, 1.82) is 0 Å². The molecule has 3 aromatic carbocycles. The van der Waals surface area contributed by atoms with E-state index in [1.54, 1.807) is 43.3 Å². The second-order valence-corrected chi connectivity index (χ2v) is 10.2. The molecular weight excluding hydrogens is 644 g/mol. The highest BCUT2D eigenvalue weighted by molar-refractivity contribution is 9.10. The van der Waals surface area contributed by atoms with Gasteiger partial charge in [-0.25, -0.2) is 4.98 Å². The Morgan fingerprint density at radius 1 is 1.09 bits per heavy atom. The molecule has 0 spiro atoms. The molecule has 0 aliphatic heterocycles. The van der Waals surface area contributed by atoms with Crippen LogP contribution in [0.15, 0.2) is 61.3 Å². The van der Waals surface area contributed by atoms with Gasteiger partial charge in [0.2, 0.25) is 0 Å². The van der Waals surface area contributed by atoms with Crippen LogP contribution in [0.1, 0.15) is 17.0 Å². The highest BCUT2D eigenvalue weighted by Gasteiger charge is 2.18. The molecule has 0 aliphatic carbocycles. The average Bonchev–Trinajstić information content (AvgIpc) is 2.83. The number of benzene rings is 3. The number of hydrogen-bond acceptors (Lipinski definition) is 5. The summed E-state index contributed by atoms with van der Waals surface area (Å²) in [6.45, 7) is 1.91. The van der Waals surface area contributed by atoms with Crippen LogP contribution in [0.5, 0.6) is 11.5 Å².